The summed E-state index contributed by atoms with van der Waals surface area (Å²) in [5, 5.41) is 9.26. The molecule has 1 unspecified atom stereocenters. The maximum atomic E-state index is 12.8. The highest BCUT2D eigenvalue weighted by molar-refractivity contribution is 8.00. The Labute approximate surface area is 161 Å². The molecule has 0 aromatic heterocycles. The quantitative estimate of drug-likeness (QED) is 0.632. The summed E-state index contributed by atoms with van der Waals surface area (Å²) in [6.07, 6.45) is 0.141. The van der Waals surface area contributed by atoms with Crippen LogP contribution < -0.4 is 9.47 Å². The molecule has 0 heterocycles. The standard InChI is InChI=1S/C19H19ClO5S/c1-24-14-7-8-15(17(9-14)25-2)16(21)10-18(26-11-19(22)23)12-3-5-13(20)6-4-12/h3-9,18H,10-11H2,1-2H3,(H,22,23). The summed E-state index contributed by atoms with van der Waals surface area (Å²) < 4.78 is 10.4. The molecule has 2 rings (SSSR count). The first-order valence-electron chi connectivity index (χ1n) is 7.78. The molecular weight excluding hydrogens is 376 g/mol. The van der Waals surface area contributed by atoms with E-state index in [0.717, 1.165) is 5.56 Å². The second-order valence-corrected chi connectivity index (χ2v) is 7.07. The summed E-state index contributed by atoms with van der Waals surface area (Å²) in [5.41, 5.74) is 1.28. The number of ether oxygens (including phenoxy) is 2. The molecule has 2 aromatic rings. The first kappa shape index (κ1) is 20.1. The van der Waals surface area contributed by atoms with E-state index in [2.05, 4.69) is 0 Å². The van der Waals surface area contributed by atoms with E-state index in [-0.39, 0.29) is 23.2 Å². The van der Waals surface area contributed by atoms with E-state index in [1.54, 1.807) is 42.5 Å². The van der Waals surface area contributed by atoms with Gasteiger partial charge in [0.05, 0.1) is 25.5 Å². The van der Waals surface area contributed by atoms with E-state index in [0.29, 0.717) is 22.1 Å². The van der Waals surface area contributed by atoms with Gasteiger partial charge in [-0.1, -0.05) is 23.7 Å². The zero-order valence-corrected chi connectivity index (χ0v) is 16.0. The maximum absolute atomic E-state index is 12.8. The van der Waals surface area contributed by atoms with E-state index in [1.807, 2.05) is 0 Å². The van der Waals surface area contributed by atoms with E-state index in [1.165, 1.54) is 26.0 Å². The van der Waals surface area contributed by atoms with Crippen molar-refractivity contribution in [1.82, 2.24) is 0 Å². The average molecular weight is 395 g/mol. The molecule has 0 spiro atoms. The average Bonchev–Trinajstić information content (AvgIpc) is 2.64. The molecule has 0 aliphatic rings. The van der Waals surface area contributed by atoms with Gasteiger partial charge in [0.25, 0.3) is 0 Å². The number of carbonyl (C=O) groups excluding carboxylic acids is 1. The molecule has 0 amide bonds. The smallest absolute Gasteiger partial charge is 0.313 e. The largest absolute Gasteiger partial charge is 0.497 e. The molecule has 0 fully saturated rings. The minimum atomic E-state index is -0.927. The van der Waals surface area contributed by atoms with Crippen molar-refractivity contribution < 1.29 is 24.2 Å². The molecule has 26 heavy (non-hydrogen) atoms. The van der Waals surface area contributed by atoms with Crippen molar-refractivity contribution in [3.8, 4) is 11.5 Å². The number of hydrogen-bond donors (Lipinski definition) is 1. The molecule has 0 bridgehead atoms. The predicted octanol–water partition coefficient (Wildman–Crippen LogP) is 4.49. The van der Waals surface area contributed by atoms with Crippen LogP contribution in [0.4, 0.5) is 0 Å². The number of thioether (sulfide) groups is 1. The fourth-order valence-electron chi connectivity index (χ4n) is 2.43. The topological polar surface area (TPSA) is 72.8 Å². The van der Waals surface area contributed by atoms with Crippen LogP contribution in [0.25, 0.3) is 0 Å². The Morgan fingerprint density at radius 3 is 2.38 bits per heavy atom. The van der Waals surface area contributed by atoms with Gasteiger partial charge in [0.15, 0.2) is 5.78 Å². The number of methoxy groups -OCH3 is 2. The van der Waals surface area contributed by atoms with Crippen molar-refractivity contribution in [1.29, 1.82) is 0 Å². The number of carboxylic acid groups (broad SMARTS) is 1. The first-order valence-corrected chi connectivity index (χ1v) is 9.21. The van der Waals surface area contributed by atoms with Gasteiger partial charge < -0.3 is 14.6 Å². The summed E-state index contributed by atoms with van der Waals surface area (Å²) in [7, 11) is 3.02. The van der Waals surface area contributed by atoms with E-state index < -0.39 is 5.97 Å². The van der Waals surface area contributed by atoms with Crippen LogP contribution in [0.2, 0.25) is 5.02 Å². The van der Waals surface area contributed by atoms with Gasteiger partial charge in [-0.05, 0) is 29.8 Å². The van der Waals surface area contributed by atoms with Crippen LogP contribution in [0.1, 0.15) is 27.6 Å². The Morgan fingerprint density at radius 2 is 1.81 bits per heavy atom. The Balaban J connectivity index is 2.25. The zero-order valence-electron chi connectivity index (χ0n) is 14.4. The van der Waals surface area contributed by atoms with Crippen LogP contribution in [0.5, 0.6) is 11.5 Å². The second-order valence-electron chi connectivity index (χ2n) is 5.44. The fourth-order valence-corrected chi connectivity index (χ4v) is 3.52. The fraction of sp³-hybridized carbons (Fsp3) is 0.263. The number of carbonyl (C=O) groups is 2. The molecule has 0 radical (unpaired) electrons. The third-order valence-electron chi connectivity index (χ3n) is 3.73. The molecule has 138 valence electrons. The van der Waals surface area contributed by atoms with E-state index >= 15 is 0 Å². The van der Waals surface area contributed by atoms with Crippen molar-refractivity contribution in [2.45, 2.75) is 11.7 Å². The minimum absolute atomic E-state index is 0.0969. The van der Waals surface area contributed by atoms with Gasteiger partial charge in [0.1, 0.15) is 11.5 Å². The Bertz CT molecular complexity index is 776. The Morgan fingerprint density at radius 1 is 1.12 bits per heavy atom. The summed E-state index contributed by atoms with van der Waals surface area (Å²) in [6.45, 7) is 0. The highest BCUT2D eigenvalue weighted by Crippen LogP contribution is 2.35. The van der Waals surface area contributed by atoms with Crippen LogP contribution >= 0.6 is 23.4 Å². The van der Waals surface area contributed by atoms with Crippen LogP contribution in [0, 0.1) is 0 Å². The molecule has 7 heteroatoms. The molecule has 0 saturated heterocycles. The van der Waals surface area contributed by atoms with Crippen molar-refractivity contribution in [3.05, 3.63) is 58.6 Å². The number of ketones is 1. The summed E-state index contributed by atoms with van der Waals surface area (Å²) in [6, 6.07) is 12.1. The number of benzene rings is 2. The molecule has 0 aliphatic heterocycles. The number of Topliss-reactive ketones (excluding diaryl/α,β-unsaturated/α-hetero) is 1. The van der Waals surface area contributed by atoms with Gasteiger partial charge in [-0.25, -0.2) is 0 Å². The Kier molecular flexibility index (Phi) is 7.36. The summed E-state index contributed by atoms with van der Waals surface area (Å²) >= 11 is 7.12. The third kappa shape index (κ3) is 5.41. The number of halogens is 1. The van der Waals surface area contributed by atoms with Crippen LogP contribution in [-0.2, 0) is 4.79 Å². The number of aliphatic carboxylic acids is 1. The lowest BCUT2D eigenvalue weighted by Gasteiger charge is -2.17. The highest BCUT2D eigenvalue weighted by atomic mass is 35.5. The monoisotopic (exact) mass is 394 g/mol. The summed E-state index contributed by atoms with van der Waals surface area (Å²) in [4.78, 5) is 23.8. The maximum Gasteiger partial charge on any atom is 0.313 e. The lowest BCUT2D eigenvalue weighted by molar-refractivity contribution is -0.133. The normalized spacial score (nSPS) is 11.7. The predicted molar refractivity (Wildman–Crippen MR) is 103 cm³/mol. The SMILES string of the molecule is COc1ccc(C(=O)CC(SCC(=O)O)c2ccc(Cl)cc2)c(OC)c1. The van der Waals surface area contributed by atoms with Gasteiger partial charge in [-0.15, -0.1) is 11.8 Å². The van der Waals surface area contributed by atoms with Crippen LogP contribution in [-0.4, -0.2) is 36.8 Å². The van der Waals surface area contributed by atoms with Gasteiger partial charge in [-0.2, -0.15) is 0 Å². The van der Waals surface area contributed by atoms with E-state index in [9.17, 15) is 9.59 Å². The molecule has 1 atom stereocenters. The molecule has 5 nitrogen and oxygen atoms in total. The van der Waals surface area contributed by atoms with Gasteiger partial charge in [0, 0.05) is 22.8 Å². The van der Waals surface area contributed by atoms with Crippen molar-refractivity contribution in [2.24, 2.45) is 0 Å². The minimum Gasteiger partial charge on any atom is -0.497 e. The lowest BCUT2D eigenvalue weighted by Crippen LogP contribution is -2.09. The Hall–Kier alpha value is -2.18. The summed E-state index contributed by atoms with van der Waals surface area (Å²) in [5.74, 6) is -0.147. The third-order valence-corrected chi connectivity index (χ3v) is 5.24. The van der Waals surface area contributed by atoms with Crippen LogP contribution in [0.15, 0.2) is 42.5 Å². The molecule has 0 aliphatic carbocycles. The van der Waals surface area contributed by atoms with Gasteiger partial charge in [0.2, 0.25) is 0 Å². The van der Waals surface area contributed by atoms with Crippen LogP contribution in [0.3, 0.4) is 0 Å². The molecular formula is C19H19ClO5S. The number of carboxylic acids is 1. The lowest BCUT2D eigenvalue weighted by atomic mass is 10.0. The second kappa shape index (κ2) is 9.50. The molecule has 1 N–H and O–H groups in total. The molecule has 2 aromatic carbocycles. The highest BCUT2D eigenvalue weighted by Gasteiger charge is 2.21. The number of hydrogen-bond acceptors (Lipinski definition) is 5. The van der Waals surface area contributed by atoms with Crippen molar-refractivity contribution in [3.63, 3.8) is 0 Å². The van der Waals surface area contributed by atoms with Gasteiger partial charge in [-0.3, -0.25) is 9.59 Å². The molecule has 0 saturated carbocycles. The van der Waals surface area contributed by atoms with Gasteiger partial charge >= 0.3 is 5.97 Å². The first-order chi connectivity index (χ1) is 12.4. The zero-order chi connectivity index (χ0) is 19.1. The number of rotatable bonds is 9. The van der Waals surface area contributed by atoms with E-state index in [4.69, 9.17) is 26.2 Å². The van der Waals surface area contributed by atoms with Crippen molar-refractivity contribution >= 4 is 35.1 Å². The van der Waals surface area contributed by atoms with Crippen molar-refractivity contribution in [2.75, 3.05) is 20.0 Å².